The van der Waals surface area contributed by atoms with Gasteiger partial charge in [-0.2, -0.15) is 0 Å². The van der Waals surface area contributed by atoms with Crippen LogP contribution in [0.1, 0.15) is 0 Å². The zero-order chi connectivity index (χ0) is 9.56. The first kappa shape index (κ1) is 20.2. The number of rotatable bonds is 6. The molecular weight excluding hydrogens is 280 g/mol. The number of carboxylic acids is 2. The molecule has 8 heteroatoms. The van der Waals surface area contributed by atoms with Gasteiger partial charge in [-0.05, 0) is 0 Å². The topological polar surface area (TPSA) is 98.1 Å². The number of nitrogens with zero attached hydrogens (tertiary/aromatic N) is 1. The Morgan fingerprint density at radius 3 is 1.64 bits per heavy atom. The fourth-order valence-electron chi connectivity index (χ4n) is 0.738. The van der Waals surface area contributed by atoms with Crippen molar-refractivity contribution in [3.8, 4) is 0 Å². The van der Waals surface area contributed by atoms with E-state index in [4.69, 9.17) is 15.3 Å². The van der Waals surface area contributed by atoms with E-state index in [-0.39, 0.29) is 82.0 Å². The van der Waals surface area contributed by atoms with Crippen molar-refractivity contribution in [2.45, 2.75) is 0 Å². The largest absolute Gasteiger partial charge is 0 e. The number of hydrogen-bond acceptors (Lipinski definition) is 4. The van der Waals surface area contributed by atoms with Crippen LogP contribution >= 0.6 is 0 Å². The molecule has 0 aromatic heterocycles. The van der Waals surface area contributed by atoms with Crippen molar-refractivity contribution in [1.29, 1.82) is 0 Å². The molecule has 0 aliphatic carbocycles. The van der Waals surface area contributed by atoms with Gasteiger partial charge in [0.2, 0.25) is 0 Å². The van der Waals surface area contributed by atoms with Crippen molar-refractivity contribution < 1.29 is 51.1 Å². The summed E-state index contributed by atoms with van der Waals surface area (Å²) < 4.78 is 0. The zero-order valence-corrected chi connectivity index (χ0v) is 9.39. The molecule has 3 N–H and O–H groups in total. The van der Waals surface area contributed by atoms with Crippen molar-refractivity contribution in [1.82, 2.24) is 4.90 Å². The molecule has 0 bridgehead atoms. The molecule has 0 heterocycles. The van der Waals surface area contributed by atoms with E-state index in [0.29, 0.717) is 0 Å². The fraction of sp³-hybridized carbons (Fsp3) is 0.667. The van der Waals surface area contributed by atoms with Crippen LogP contribution in [0.4, 0.5) is 0 Å². The van der Waals surface area contributed by atoms with E-state index < -0.39 is 11.9 Å². The Bertz CT molecular complexity index is 164. The van der Waals surface area contributed by atoms with Crippen molar-refractivity contribution in [3.63, 3.8) is 0 Å². The minimum Gasteiger partial charge on any atom is 0 e. The monoisotopic (exact) mass is 291 g/mol. The molecule has 0 atom stereocenters. The second-order valence-electron chi connectivity index (χ2n) is 2.22. The molecule has 0 aromatic carbocycles. The summed E-state index contributed by atoms with van der Waals surface area (Å²) in [5.74, 6) is -2.21. The Morgan fingerprint density at radius 1 is 1.07 bits per heavy atom. The van der Waals surface area contributed by atoms with Crippen molar-refractivity contribution >= 4 is 41.5 Å². The summed E-state index contributed by atoms with van der Waals surface area (Å²) in [5.41, 5.74) is 0. The van der Waals surface area contributed by atoms with Crippen molar-refractivity contribution in [2.75, 3.05) is 26.2 Å². The second kappa shape index (κ2) is 11.8. The van der Waals surface area contributed by atoms with E-state index in [9.17, 15) is 9.59 Å². The van der Waals surface area contributed by atoms with Gasteiger partial charge in [-0.3, -0.25) is 14.5 Å². The Hall–Kier alpha value is 0.743. The second-order valence-corrected chi connectivity index (χ2v) is 2.22. The maximum Gasteiger partial charge on any atom is 0 e. The first-order valence-electron chi connectivity index (χ1n) is 3.33. The zero-order valence-electron chi connectivity index (χ0n) is 6.93. The number of aliphatic hydroxyl groups is 1. The summed E-state index contributed by atoms with van der Waals surface area (Å²) >= 11 is 0. The van der Waals surface area contributed by atoms with E-state index in [1.165, 1.54) is 0 Å². The van der Waals surface area contributed by atoms with Gasteiger partial charge < -0.3 is 15.3 Å². The van der Waals surface area contributed by atoms with Gasteiger partial charge in [-0.25, -0.2) is 0 Å². The molecule has 0 fully saturated rings. The third kappa shape index (κ3) is 12.7. The average Bonchev–Trinajstić information content (AvgIpc) is 1.84. The van der Waals surface area contributed by atoms with Gasteiger partial charge in [0.15, 0.2) is 0 Å². The number of carboxylic acid groups (broad SMARTS) is 2. The maximum absolute atomic E-state index is 10.1. The van der Waals surface area contributed by atoms with E-state index in [1.807, 2.05) is 0 Å². The molecule has 0 spiro atoms. The molecule has 6 nitrogen and oxygen atoms in total. The van der Waals surface area contributed by atoms with Gasteiger partial charge in [-0.15, -0.1) is 0 Å². The van der Waals surface area contributed by atoms with Crippen LogP contribution in [0.5, 0.6) is 0 Å². The number of aliphatic hydroxyl groups excluding tert-OH is 1. The summed E-state index contributed by atoms with van der Waals surface area (Å²) in [6.45, 7) is -0.932. The van der Waals surface area contributed by atoms with Crippen molar-refractivity contribution in [3.05, 3.63) is 0 Å². The molecule has 0 aliphatic heterocycles. The molecule has 0 saturated carbocycles. The minimum atomic E-state index is -1.11. The molecule has 14 heavy (non-hydrogen) atoms. The summed E-state index contributed by atoms with van der Waals surface area (Å²) in [6, 6.07) is 0. The molecule has 0 amide bonds. The number of carbonyl (C=O) groups is 2. The number of hydrogen-bond donors (Lipinski definition) is 3. The average molecular weight is 292 g/mol. The normalized spacial score (nSPS) is 8.71. The molecule has 0 rings (SSSR count). The summed E-state index contributed by atoms with van der Waals surface area (Å²) in [4.78, 5) is 21.4. The summed E-state index contributed by atoms with van der Waals surface area (Å²) in [6.07, 6.45) is 0. The van der Waals surface area contributed by atoms with Crippen LogP contribution in [0.15, 0.2) is 0 Å². The van der Waals surface area contributed by atoms with Crippen LogP contribution in [0.2, 0.25) is 0 Å². The van der Waals surface area contributed by atoms with Crippen LogP contribution in [0.25, 0.3) is 0 Å². The standard InChI is InChI=1S/C6H11NO5.Na.Zr.H/c8-2-1-7(3-5(9)10)4-6(11)12;;;/h8H,1-4H2,(H,9,10)(H,11,12);;;. The van der Waals surface area contributed by atoms with Gasteiger partial charge in [0, 0.05) is 32.7 Å². The fourth-order valence-corrected chi connectivity index (χ4v) is 0.738. The predicted molar refractivity (Wildman–Crippen MR) is 45.9 cm³/mol. The summed E-state index contributed by atoms with van der Waals surface area (Å²) in [5, 5.41) is 25.0. The van der Waals surface area contributed by atoms with Gasteiger partial charge >= 0.3 is 41.5 Å². The van der Waals surface area contributed by atoms with Crippen LogP contribution in [0, 0.1) is 0 Å². The summed E-state index contributed by atoms with van der Waals surface area (Å²) in [7, 11) is 0. The smallest absolute Gasteiger partial charge is 0 e. The SMILES string of the molecule is O=C(O)CN(CCO)CC(=O)O.[NaH].[Zr]. The van der Waals surface area contributed by atoms with Gasteiger partial charge in [0.25, 0.3) is 0 Å². The Morgan fingerprint density at radius 2 is 1.43 bits per heavy atom. The Balaban J connectivity index is -0.000000605. The van der Waals surface area contributed by atoms with Crippen LogP contribution in [-0.2, 0) is 35.8 Å². The molecule has 76 valence electrons. The minimum absolute atomic E-state index is 0. The first-order chi connectivity index (χ1) is 5.56. The molecule has 0 aliphatic rings. The van der Waals surface area contributed by atoms with Gasteiger partial charge in [0.1, 0.15) is 0 Å². The first-order valence-corrected chi connectivity index (χ1v) is 3.33. The van der Waals surface area contributed by atoms with Gasteiger partial charge in [-0.1, -0.05) is 0 Å². The van der Waals surface area contributed by atoms with Gasteiger partial charge in [0.05, 0.1) is 19.7 Å². The van der Waals surface area contributed by atoms with Crippen molar-refractivity contribution in [2.24, 2.45) is 0 Å². The molecule has 0 aromatic rings. The molecule has 0 radical (unpaired) electrons. The third-order valence-corrected chi connectivity index (χ3v) is 1.13. The van der Waals surface area contributed by atoms with E-state index >= 15 is 0 Å². The Labute approximate surface area is 123 Å². The predicted octanol–water partition coefficient (Wildman–Crippen LogP) is -2.20. The molecule has 0 unspecified atom stereocenters. The van der Waals surface area contributed by atoms with E-state index in [2.05, 4.69) is 0 Å². The van der Waals surface area contributed by atoms with E-state index in [1.54, 1.807) is 0 Å². The molecular formula is C6H12NNaO5Zr. The molecule has 0 saturated heterocycles. The van der Waals surface area contributed by atoms with Crippen LogP contribution < -0.4 is 0 Å². The quantitative estimate of drug-likeness (QED) is 0.481. The third-order valence-electron chi connectivity index (χ3n) is 1.13. The van der Waals surface area contributed by atoms with Crippen LogP contribution in [0.3, 0.4) is 0 Å². The van der Waals surface area contributed by atoms with E-state index in [0.717, 1.165) is 4.90 Å². The Kier molecular flexibility index (Phi) is 17.0. The maximum atomic E-state index is 10.1. The van der Waals surface area contributed by atoms with Crippen LogP contribution in [-0.4, -0.2) is 88.0 Å². The number of aliphatic carboxylic acids is 2.